The van der Waals surface area contributed by atoms with Crippen LogP contribution in [0, 0.1) is 11.8 Å². The molecule has 1 amide bonds. The molecule has 0 aliphatic rings. The Kier molecular flexibility index (Phi) is 4.33. The number of benzene rings is 1. The van der Waals surface area contributed by atoms with E-state index < -0.39 is 6.04 Å². The molecule has 3 aromatic rings. The van der Waals surface area contributed by atoms with Crippen molar-refractivity contribution in [1.82, 2.24) is 9.97 Å². The number of carbonyl (C=O) groups excluding carboxylic acids is 1. The molecule has 0 fully saturated rings. The van der Waals surface area contributed by atoms with Crippen molar-refractivity contribution >= 4 is 33.8 Å². The van der Waals surface area contributed by atoms with Crippen molar-refractivity contribution in [2.75, 3.05) is 5.32 Å². The first-order valence-corrected chi connectivity index (χ1v) is 7.88. The topological polar surface area (TPSA) is 80.9 Å². The number of nitrogens with one attached hydrogen (secondary N) is 1. The van der Waals surface area contributed by atoms with Crippen molar-refractivity contribution in [3.63, 3.8) is 0 Å². The number of pyridine rings is 1. The highest BCUT2D eigenvalue weighted by atomic mass is 32.1. The summed E-state index contributed by atoms with van der Waals surface area (Å²) < 4.78 is 0. The predicted octanol–water partition coefficient (Wildman–Crippen LogP) is 2.38. The van der Waals surface area contributed by atoms with Crippen LogP contribution in [0.4, 0.5) is 5.82 Å². The van der Waals surface area contributed by atoms with Gasteiger partial charge in [-0.3, -0.25) is 9.78 Å². The normalized spacial score (nSPS) is 11.6. The number of nitrogens with two attached hydrogens (primary N) is 1. The number of hydrogen-bond donors (Lipinski definition) is 2. The molecule has 5 nitrogen and oxygen atoms in total. The zero-order chi connectivity index (χ0) is 16.2. The first kappa shape index (κ1) is 15.2. The molecule has 2 heterocycles. The number of rotatable bonds is 2. The van der Waals surface area contributed by atoms with Gasteiger partial charge in [-0.1, -0.05) is 24.3 Å². The Morgan fingerprint density at radius 3 is 2.91 bits per heavy atom. The maximum atomic E-state index is 11.8. The van der Waals surface area contributed by atoms with Gasteiger partial charge < -0.3 is 11.1 Å². The molecule has 1 unspecified atom stereocenters. The second kappa shape index (κ2) is 6.57. The molecule has 0 radical (unpaired) electrons. The summed E-state index contributed by atoms with van der Waals surface area (Å²) in [5, 5.41) is 4.60. The van der Waals surface area contributed by atoms with Gasteiger partial charge in [0.05, 0.1) is 22.6 Å². The number of carbonyl (C=O) groups is 1. The lowest BCUT2D eigenvalue weighted by Crippen LogP contribution is -2.32. The molecule has 114 valence electrons. The molecule has 0 aliphatic heterocycles. The summed E-state index contributed by atoms with van der Waals surface area (Å²) in [7, 11) is 0. The van der Waals surface area contributed by atoms with E-state index in [9.17, 15) is 4.79 Å². The molecule has 0 saturated carbocycles. The van der Waals surface area contributed by atoms with E-state index in [0.717, 1.165) is 15.6 Å². The Morgan fingerprint density at radius 2 is 2.17 bits per heavy atom. The number of thiazole rings is 1. The number of fused-ring (bicyclic) bond motifs is 1. The fourth-order valence-corrected chi connectivity index (χ4v) is 2.46. The predicted molar refractivity (Wildman–Crippen MR) is 92.1 cm³/mol. The van der Waals surface area contributed by atoms with E-state index >= 15 is 0 Å². The molecule has 2 aromatic heterocycles. The highest BCUT2D eigenvalue weighted by molar-refractivity contribution is 7.10. The van der Waals surface area contributed by atoms with Crippen LogP contribution in [0.3, 0.4) is 0 Å². The lowest BCUT2D eigenvalue weighted by molar-refractivity contribution is -0.117. The molecular weight excluding hydrogens is 308 g/mol. The lowest BCUT2D eigenvalue weighted by atomic mass is 10.1. The lowest BCUT2D eigenvalue weighted by Gasteiger charge is -2.09. The third-order valence-electron chi connectivity index (χ3n) is 3.14. The Bertz CT molecular complexity index is 907. The third-order valence-corrected chi connectivity index (χ3v) is 3.83. The van der Waals surface area contributed by atoms with E-state index in [1.807, 2.05) is 30.3 Å². The van der Waals surface area contributed by atoms with Gasteiger partial charge in [-0.15, -0.1) is 11.3 Å². The number of amides is 1. The number of aromatic nitrogens is 2. The van der Waals surface area contributed by atoms with Gasteiger partial charge in [0.25, 0.3) is 0 Å². The summed E-state index contributed by atoms with van der Waals surface area (Å²) >= 11 is 1.47. The summed E-state index contributed by atoms with van der Waals surface area (Å²) in [6.45, 7) is 1.63. The Hall–Kier alpha value is -2.75. The standard InChI is InChI=1S/C17H14N4OS/c1-11(18)17(22)21-16-8-12-4-2-3-5-14(12)15(20-16)7-6-13-9-19-10-23-13/h2-5,8-11H,18H2,1H3,(H,20,21,22). The van der Waals surface area contributed by atoms with E-state index in [2.05, 4.69) is 27.1 Å². The zero-order valence-electron chi connectivity index (χ0n) is 12.4. The molecule has 6 heteroatoms. The van der Waals surface area contributed by atoms with Crippen LogP contribution in [-0.4, -0.2) is 21.9 Å². The first-order valence-electron chi connectivity index (χ1n) is 7.00. The van der Waals surface area contributed by atoms with Gasteiger partial charge in [0, 0.05) is 5.39 Å². The van der Waals surface area contributed by atoms with Crippen LogP contribution in [0.1, 0.15) is 17.5 Å². The largest absolute Gasteiger partial charge is 0.320 e. The van der Waals surface area contributed by atoms with Crippen molar-refractivity contribution in [2.24, 2.45) is 5.73 Å². The van der Waals surface area contributed by atoms with Gasteiger partial charge >= 0.3 is 0 Å². The van der Waals surface area contributed by atoms with Gasteiger partial charge in [-0.2, -0.15) is 0 Å². The minimum absolute atomic E-state index is 0.283. The highest BCUT2D eigenvalue weighted by Gasteiger charge is 2.10. The second-order valence-electron chi connectivity index (χ2n) is 4.97. The summed E-state index contributed by atoms with van der Waals surface area (Å²) in [5.74, 6) is 6.26. The van der Waals surface area contributed by atoms with Crippen LogP contribution in [-0.2, 0) is 4.79 Å². The number of nitrogens with zero attached hydrogens (tertiary/aromatic N) is 2. The van der Waals surface area contributed by atoms with E-state index in [-0.39, 0.29) is 5.91 Å². The smallest absolute Gasteiger partial charge is 0.242 e. The SMILES string of the molecule is CC(N)C(=O)Nc1cc2ccccc2c(C#Cc2cncs2)n1. The van der Waals surface area contributed by atoms with Gasteiger partial charge in [0.1, 0.15) is 11.5 Å². The van der Waals surface area contributed by atoms with Crippen LogP contribution in [0.15, 0.2) is 42.0 Å². The van der Waals surface area contributed by atoms with E-state index in [1.54, 1.807) is 18.6 Å². The number of hydrogen-bond acceptors (Lipinski definition) is 5. The summed E-state index contributed by atoms with van der Waals surface area (Å²) in [5.41, 5.74) is 7.92. The van der Waals surface area contributed by atoms with Crippen molar-refractivity contribution in [3.8, 4) is 11.8 Å². The first-order chi connectivity index (χ1) is 11.1. The zero-order valence-corrected chi connectivity index (χ0v) is 13.2. The maximum absolute atomic E-state index is 11.8. The molecule has 3 N–H and O–H groups in total. The quantitative estimate of drug-likeness (QED) is 0.710. The van der Waals surface area contributed by atoms with E-state index in [1.165, 1.54) is 11.3 Å². The van der Waals surface area contributed by atoms with Crippen molar-refractivity contribution in [2.45, 2.75) is 13.0 Å². The van der Waals surface area contributed by atoms with E-state index in [4.69, 9.17) is 5.73 Å². The average Bonchev–Trinajstić information content (AvgIpc) is 3.06. The van der Waals surface area contributed by atoms with Gasteiger partial charge in [-0.25, -0.2) is 4.98 Å². The van der Waals surface area contributed by atoms with Crippen molar-refractivity contribution in [1.29, 1.82) is 0 Å². The number of anilines is 1. The molecule has 23 heavy (non-hydrogen) atoms. The van der Waals surface area contributed by atoms with Crippen molar-refractivity contribution < 1.29 is 4.79 Å². The van der Waals surface area contributed by atoms with Crippen LogP contribution < -0.4 is 11.1 Å². The minimum atomic E-state index is -0.602. The van der Waals surface area contributed by atoms with Crippen molar-refractivity contribution in [3.05, 3.63) is 52.6 Å². The van der Waals surface area contributed by atoms with E-state index in [0.29, 0.717) is 11.5 Å². The van der Waals surface area contributed by atoms with Gasteiger partial charge in [0.2, 0.25) is 5.91 Å². The molecular formula is C17H14N4OS. The van der Waals surface area contributed by atoms with Gasteiger partial charge in [0.15, 0.2) is 0 Å². The summed E-state index contributed by atoms with van der Waals surface area (Å²) in [6.07, 6.45) is 1.71. The summed E-state index contributed by atoms with van der Waals surface area (Å²) in [4.78, 5) is 21.1. The Labute approximate surface area is 137 Å². The van der Waals surface area contributed by atoms with Gasteiger partial charge in [-0.05, 0) is 30.2 Å². The van der Waals surface area contributed by atoms with Crippen LogP contribution in [0.25, 0.3) is 10.8 Å². The Morgan fingerprint density at radius 1 is 1.35 bits per heavy atom. The molecule has 0 aliphatic carbocycles. The molecule has 1 aromatic carbocycles. The fourth-order valence-electron chi connectivity index (χ4n) is 2.00. The second-order valence-corrected chi connectivity index (χ2v) is 5.86. The highest BCUT2D eigenvalue weighted by Crippen LogP contribution is 2.20. The van der Waals surface area contributed by atoms with Crippen LogP contribution in [0.2, 0.25) is 0 Å². The molecule has 0 spiro atoms. The Balaban J connectivity index is 2.05. The molecule has 1 atom stereocenters. The van der Waals surface area contributed by atoms with Crippen LogP contribution >= 0.6 is 11.3 Å². The third kappa shape index (κ3) is 3.54. The maximum Gasteiger partial charge on any atom is 0.242 e. The fraction of sp³-hybridized carbons (Fsp3) is 0.118. The molecule has 0 bridgehead atoms. The minimum Gasteiger partial charge on any atom is -0.320 e. The summed E-state index contributed by atoms with van der Waals surface area (Å²) in [6, 6.07) is 8.98. The molecule has 0 saturated heterocycles. The average molecular weight is 322 g/mol. The van der Waals surface area contributed by atoms with Crippen LogP contribution in [0.5, 0.6) is 0 Å². The molecule has 3 rings (SSSR count). The monoisotopic (exact) mass is 322 g/mol.